The van der Waals surface area contributed by atoms with Crippen LogP contribution in [0.1, 0.15) is 27.7 Å². The predicted molar refractivity (Wildman–Crippen MR) is 85.6 cm³/mol. The molecule has 0 heterocycles. The lowest BCUT2D eigenvalue weighted by Gasteiger charge is -2.20. The van der Waals surface area contributed by atoms with Crippen LogP contribution in [0, 0.1) is 11.2 Å². The molecule has 0 aliphatic heterocycles. The van der Waals surface area contributed by atoms with Gasteiger partial charge in [0, 0.05) is 12.6 Å². The van der Waals surface area contributed by atoms with Gasteiger partial charge >= 0.3 is 12.0 Å². The first-order valence-corrected chi connectivity index (χ1v) is 7.34. The first-order chi connectivity index (χ1) is 10.5. The monoisotopic (exact) mass is 346 g/mol. The van der Waals surface area contributed by atoms with Crippen LogP contribution in [0.4, 0.5) is 14.9 Å². The SMILES string of the molecule is CC(C)Oc1cc(NC(=O)NCC(C)(C)C(=O)O)c(F)cc1Cl. The van der Waals surface area contributed by atoms with Crippen LogP contribution in [0.15, 0.2) is 12.1 Å². The quantitative estimate of drug-likeness (QED) is 0.735. The summed E-state index contributed by atoms with van der Waals surface area (Å²) in [5.41, 5.74) is -1.25. The third kappa shape index (κ3) is 5.59. The number of carboxylic acids is 1. The van der Waals surface area contributed by atoms with Crippen LogP contribution in [0.3, 0.4) is 0 Å². The molecular weight excluding hydrogens is 327 g/mol. The molecule has 6 nitrogen and oxygen atoms in total. The summed E-state index contributed by atoms with van der Waals surface area (Å²) in [5, 5.41) is 13.8. The Morgan fingerprint density at radius 3 is 2.52 bits per heavy atom. The Kier molecular flexibility index (Phi) is 6.20. The minimum Gasteiger partial charge on any atom is -0.489 e. The Balaban J connectivity index is 2.80. The number of benzene rings is 1. The highest BCUT2D eigenvalue weighted by atomic mass is 35.5. The zero-order valence-electron chi connectivity index (χ0n) is 13.4. The van der Waals surface area contributed by atoms with Crippen molar-refractivity contribution in [2.75, 3.05) is 11.9 Å². The van der Waals surface area contributed by atoms with Crippen molar-refractivity contribution in [1.29, 1.82) is 0 Å². The minimum atomic E-state index is -1.14. The van der Waals surface area contributed by atoms with Crippen LogP contribution in [0.2, 0.25) is 5.02 Å². The lowest BCUT2D eigenvalue weighted by molar-refractivity contribution is -0.146. The van der Waals surface area contributed by atoms with Gasteiger partial charge in [0.25, 0.3) is 0 Å². The fourth-order valence-electron chi connectivity index (χ4n) is 1.51. The number of amides is 2. The highest BCUT2D eigenvalue weighted by Gasteiger charge is 2.27. The predicted octanol–water partition coefficient (Wildman–Crippen LogP) is 3.50. The van der Waals surface area contributed by atoms with Crippen molar-refractivity contribution in [2.24, 2.45) is 5.41 Å². The smallest absolute Gasteiger partial charge is 0.319 e. The molecule has 0 aliphatic rings. The molecule has 8 heteroatoms. The number of urea groups is 1. The number of nitrogens with one attached hydrogen (secondary N) is 2. The Morgan fingerprint density at radius 1 is 1.39 bits per heavy atom. The maximum atomic E-state index is 13.9. The molecule has 0 saturated heterocycles. The second-order valence-corrected chi connectivity index (χ2v) is 6.33. The maximum absolute atomic E-state index is 13.9. The highest BCUT2D eigenvalue weighted by molar-refractivity contribution is 6.32. The highest BCUT2D eigenvalue weighted by Crippen LogP contribution is 2.31. The number of rotatable bonds is 6. The van der Waals surface area contributed by atoms with Gasteiger partial charge in [-0.25, -0.2) is 9.18 Å². The molecule has 1 rings (SSSR count). The van der Waals surface area contributed by atoms with Crippen LogP contribution in [0.25, 0.3) is 0 Å². The van der Waals surface area contributed by atoms with Gasteiger partial charge in [-0.1, -0.05) is 11.6 Å². The summed E-state index contributed by atoms with van der Waals surface area (Å²) < 4.78 is 19.3. The fraction of sp³-hybridized carbons (Fsp3) is 0.467. The molecule has 0 aromatic heterocycles. The number of carbonyl (C=O) groups excluding carboxylic acids is 1. The van der Waals surface area contributed by atoms with Crippen LogP contribution in [-0.4, -0.2) is 29.8 Å². The Hall–Kier alpha value is -2.02. The minimum absolute atomic E-state index is 0.0918. The summed E-state index contributed by atoms with van der Waals surface area (Å²) in [6.07, 6.45) is -0.170. The summed E-state index contributed by atoms with van der Waals surface area (Å²) >= 11 is 5.88. The normalized spacial score (nSPS) is 11.3. The molecular formula is C15H20ClFN2O4. The lowest BCUT2D eigenvalue weighted by atomic mass is 9.94. The summed E-state index contributed by atoms with van der Waals surface area (Å²) in [6, 6.07) is 1.59. The number of carbonyl (C=O) groups is 2. The van der Waals surface area contributed by atoms with Gasteiger partial charge in [-0.2, -0.15) is 0 Å². The zero-order valence-corrected chi connectivity index (χ0v) is 14.1. The van der Waals surface area contributed by atoms with Crippen LogP contribution in [0.5, 0.6) is 5.75 Å². The molecule has 0 bridgehead atoms. The Bertz CT molecular complexity index is 605. The van der Waals surface area contributed by atoms with E-state index in [1.165, 1.54) is 19.9 Å². The van der Waals surface area contributed by atoms with Gasteiger partial charge in [-0.15, -0.1) is 0 Å². The van der Waals surface area contributed by atoms with E-state index in [2.05, 4.69) is 10.6 Å². The summed E-state index contributed by atoms with van der Waals surface area (Å²) in [5.74, 6) is -1.54. The van der Waals surface area contributed by atoms with E-state index in [1.54, 1.807) is 13.8 Å². The number of carboxylic acid groups (broad SMARTS) is 1. The van der Waals surface area contributed by atoms with Crippen molar-refractivity contribution < 1.29 is 23.8 Å². The van der Waals surface area contributed by atoms with Gasteiger partial charge in [0.05, 0.1) is 22.2 Å². The van der Waals surface area contributed by atoms with E-state index in [4.69, 9.17) is 21.4 Å². The number of halogens is 2. The van der Waals surface area contributed by atoms with Crippen LogP contribution in [-0.2, 0) is 4.79 Å². The molecule has 0 unspecified atom stereocenters. The van der Waals surface area contributed by atoms with E-state index in [9.17, 15) is 14.0 Å². The number of hydrogen-bond acceptors (Lipinski definition) is 3. The van der Waals surface area contributed by atoms with Gasteiger partial charge in [0.15, 0.2) is 0 Å². The molecule has 0 saturated carbocycles. The van der Waals surface area contributed by atoms with Crippen molar-refractivity contribution in [1.82, 2.24) is 5.32 Å². The van der Waals surface area contributed by atoms with E-state index in [-0.39, 0.29) is 29.1 Å². The molecule has 0 spiro atoms. The Labute approximate surface area is 139 Å². The second kappa shape index (κ2) is 7.50. The van der Waals surface area contributed by atoms with Crippen LogP contribution >= 0.6 is 11.6 Å². The number of hydrogen-bond donors (Lipinski definition) is 3. The molecule has 1 aromatic rings. The largest absolute Gasteiger partial charge is 0.489 e. The van der Waals surface area contributed by atoms with E-state index in [0.29, 0.717) is 0 Å². The van der Waals surface area contributed by atoms with Gasteiger partial charge in [0.2, 0.25) is 0 Å². The van der Waals surface area contributed by atoms with Crippen molar-refractivity contribution in [3.8, 4) is 5.75 Å². The van der Waals surface area contributed by atoms with E-state index < -0.39 is 23.2 Å². The molecule has 2 amide bonds. The van der Waals surface area contributed by atoms with E-state index in [1.807, 2.05) is 0 Å². The van der Waals surface area contributed by atoms with Crippen molar-refractivity contribution in [3.63, 3.8) is 0 Å². The summed E-state index contributed by atoms with van der Waals surface area (Å²) in [4.78, 5) is 22.8. The topological polar surface area (TPSA) is 87.7 Å². The van der Waals surface area contributed by atoms with E-state index in [0.717, 1.165) is 6.07 Å². The van der Waals surface area contributed by atoms with Gasteiger partial charge < -0.3 is 20.5 Å². The standard InChI is InChI=1S/C15H20ClFN2O4/c1-8(2)23-12-6-11(10(17)5-9(12)16)19-14(22)18-7-15(3,4)13(20)21/h5-6,8H,7H2,1-4H3,(H,20,21)(H2,18,19,22). The molecule has 0 aliphatic carbocycles. The van der Waals surface area contributed by atoms with Crippen molar-refractivity contribution >= 4 is 29.3 Å². The molecule has 128 valence electrons. The molecule has 0 atom stereocenters. The number of aliphatic carboxylic acids is 1. The van der Waals surface area contributed by atoms with Crippen molar-refractivity contribution in [3.05, 3.63) is 23.0 Å². The molecule has 3 N–H and O–H groups in total. The Morgan fingerprint density at radius 2 is 2.00 bits per heavy atom. The molecule has 0 fully saturated rings. The number of ether oxygens (including phenoxy) is 1. The third-order valence-corrected chi connectivity index (χ3v) is 3.20. The van der Waals surface area contributed by atoms with Crippen LogP contribution < -0.4 is 15.4 Å². The maximum Gasteiger partial charge on any atom is 0.319 e. The first kappa shape index (κ1) is 19.0. The molecule has 23 heavy (non-hydrogen) atoms. The molecule has 0 radical (unpaired) electrons. The fourth-order valence-corrected chi connectivity index (χ4v) is 1.71. The zero-order chi connectivity index (χ0) is 17.8. The van der Waals surface area contributed by atoms with Crippen molar-refractivity contribution in [2.45, 2.75) is 33.8 Å². The summed E-state index contributed by atoms with van der Waals surface area (Å²) in [6.45, 7) is 6.39. The van der Waals surface area contributed by atoms with Gasteiger partial charge in [0.1, 0.15) is 11.6 Å². The average Bonchev–Trinajstić information content (AvgIpc) is 2.41. The van der Waals surface area contributed by atoms with Gasteiger partial charge in [-0.3, -0.25) is 4.79 Å². The van der Waals surface area contributed by atoms with E-state index >= 15 is 0 Å². The molecule has 1 aromatic carbocycles. The first-order valence-electron chi connectivity index (χ1n) is 6.97. The summed E-state index contributed by atoms with van der Waals surface area (Å²) in [7, 11) is 0. The van der Waals surface area contributed by atoms with Gasteiger partial charge in [-0.05, 0) is 33.8 Å². The lowest BCUT2D eigenvalue weighted by Crippen LogP contribution is -2.40. The third-order valence-electron chi connectivity index (χ3n) is 2.90. The second-order valence-electron chi connectivity index (χ2n) is 5.93. The number of anilines is 1. The average molecular weight is 347 g/mol.